The average Bonchev–Trinajstić information content (AvgIpc) is 2.32. The van der Waals surface area contributed by atoms with E-state index in [1.165, 1.54) is 4.90 Å². The van der Waals surface area contributed by atoms with E-state index in [1.807, 2.05) is 0 Å². The van der Waals surface area contributed by atoms with Crippen molar-refractivity contribution >= 4 is 16.2 Å². The molecule has 0 saturated carbocycles. The Bertz CT molecular complexity index is 268. The molecule has 0 spiro atoms. The summed E-state index contributed by atoms with van der Waals surface area (Å²) in [5.74, 6) is 0. The van der Waals surface area contributed by atoms with Gasteiger partial charge in [-0.2, -0.15) is 8.42 Å². The Morgan fingerprint density at radius 2 is 1.83 bits per heavy atom. The molecule has 0 aromatic rings. The molecule has 7 heteroatoms. The number of carbonyl (C=O) groups excluding carboxylic acids is 1. The molecule has 12 heavy (non-hydrogen) atoms. The minimum atomic E-state index is -3.90. The van der Waals surface area contributed by atoms with Crippen LogP contribution in [0, 0.1) is 0 Å². The molecule has 1 aliphatic heterocycles. The van der Waals surface area contributed by atoms with E-state index in [0.717, 1.165) is 12.8 Å². The number of nitrogens with zero attached hydrogens (tertiary/aromatic N) is 1. The van der Waals surface area contributed by atoms with Crippen molar-refractivity contribution in [3.63, 3.8) is 0 Å². The number of nitrogens with one attached hydrogen (secondary N) is 1. The number of hydrogen-bond acceptors (Lipinski definition) is 3. The number of likely N-dealkylation sites (tertiary alicyclic amines) is 1. The predicted molar refractivity (Wildman–Crippen MR) is 42.4 cm³/mol. The molecule has 2 amide bonds. The molecule has 1 heterocycles. The Morgan fingerprint density at radius 1 is 1.33 bits per heavy atom. The molecule has 0 aliphatic carbocycles. The van der Waals surface area contributed by atoms with E-state index in [-0.39, 0.29) is 0 Å². The summed E-state index contributed by atoms with van der Waals surface area (Å²) < 4.78 is 22.5. The van der Waals surface area contributed by atoms with Gasteiger partial charge in [-0.1, -0.05) is 0 Å². The highest BCUT2D eigenvalue weighted by Crippen LogP contribution is 2.06. The van der Waals surface area contributed by atoms with Crippen molar-refractivity contribution in [1.29, 1.82) is 0 Å². The SMILES string of the molecule is NS(=O)(=O)NC(=O)N1CCCC1. The van der Waals surface area contributed by atoms with Gasteiger partial charge < -0.3 is 4.90 Å². The number of urea groups is 1. The van der Waals surface area contributed by atoms with Crippen molar-refractivity contribution in [2.75, 3.05) is 13.1 Å². The van der Waals surface area contributed by atoms with Gasteiger partial charge in [-0.3, -0.25) is 0 Å². The summed E-state index contributed by atoms with van der Waals surface area (Å²) in [7, 11) is -3.90. The van der Waals surface area contributed by atoms with Crippen molar-refractivity contribution < 1.29 is 13.2 Å². The van der Waals surface area contributed by atoms with Crippen molar-refractivity contribution in [3.8, 4) is 0 Å². The third-order valence-electron chi connectivity index (χ3n) is 1.62. The van der Waals surface area contributed by atoms with Gasteiger partial charge in [-0.15, -0.1) is 0 Å². The largest absolute Gasteiger partial charge is 0.332 e. The minimum absolute atomic E-state index is 0.599. The van der Waals surface area contributed by atoms with Crippen LogP contribution in [0.5, 0.6) is 0 Å². The zero-order valence-electron chi connectivity index (χ0n) is 6.49. The van der Waals surface area contributed by atoms with Gasteiger partial charge in [-0.25, -0.2) is 14.7 Å². The van der Waals surface area contributed by atoms with Crippen molar-refractivity contribution in [3.05, 3.63) is 0 Å². The first-order chi connectivity index (χ1) is 5.49. The summed E-state index contributed by atoms with van der Waals surface area (Å²) in [6.07, 6.45) is 1.83. The van der Waals surface area contributed by atoms with Crippen LogP contribution in [0.15, 0.2) is 0 Å². The monoisotopic (exact) mass is 193 g/mol. The fourth-order valence-electron chi connectivity index (χ4n) is 1.11. The van der Waals surface area contributed by atoms with Gasteiger partial charge in [0.1, 0.15) is 0 Å². The average molecular weight is 193 g/mol. The van der Waals surface area contributed by atoms with Crippen molar-refractivity contribution in [2.24, 2.45) is 5.14 Å². The first kappa shape index (κ1) is 9.27. The molecule has 0 bridgehead atoms. The second kappa shape index (κ2) is 3.28. The Hall–Kier alpha value is -0.820. The van der Waals surface area contributed by atoms with E-state index >= 15 is 0 Å². The Kier molecular flexibility index (Phi) is 2.53. The van der Waals surface area contributed by atoms with Crippen LogP contribution >= 0.6 is 0 Å². The molecule has 0 atom stereocenters. The summed E-state index contributed by atoms with van der Waals surface area (Å²) in [6, 6.07) is -0.630. The number of carbonyl (C=O) groups is 1. The molecule has 0 aromatic heterocycles. The van der Waals surface area contributed by atoms with E-state index in [0.29, 0.717) is 13.1 Å². The maximum Gasteiger partial charge on any atom is 0.332 e. The maximum absolute atomic E-state index is 11.0. The lowest BCUT2D eigenvalue weighted by atomic mass is 10.4. The Labute approximate surface area is 70.9 Å². The maximum atomic E-state index is 11.0. The topological polar surface area (TPSA) is 92.5 Å². The molecule has 70 valence electrons. The fourth-order valence-corrected chi connectivity index (χ4v) is 1.48. The number of rotatable bonds is 1. The van der Waals surface area contributed by atoms with Gasteiger partial charge in [0, 0.05) is 13.1 Å². The highest BCUT2D eigenvalue weighted by atomic mass is 32.2. The van der Waals surface area contributed by atoms with Crippen molar-refractivity contribution in [1.82, 2.24) is 9.62 Å². The molecular formula is C5H11N3O3S. The van der Waals surface area contributed by atoms with Gasteiger partial charge in [0.25, 0.3) is 10.2 Å². The van der Waals surface area contributed by atoms with Crippen LogP contribution in [0.2, 0.25) is 0 Å². The van der Waals surface area contributed by atoms with Crippen LogP contribution in [0.4, 0.5) is 4.79 Å². The van der Waals surface area contributed by atoms with E-state index in [1.54, 1.807) is 4.72 Å². The lowest BCUT2D eigenvalue weighted by Crippen LogP contribution is -2.44. The molecule has 3 N–H and O–H groups in total. The molecule has 6 nitrogen and oxygen atoms in total. The first-order valence-corrected chi connectivity index (χ1v) is 5.13. The molecule has 1 saturated heterocycles. The van der Waals surface area contributed by atoms with E-state index in [2.05, 4.69) is 5.14 Å². The predicted octanol–water partition coefficient (Wildman–Crippen LogP) is -1.00. The quantitative estimate of drug-likeness (QED) is 0.559. The standard InChI is InChI=1S/C5H11N3O3S/c6-12(10,11)7-5(9)8-3-1-2-4-8/h1-4H2,(H,7,9)(H2,6,10,11). The third-order valence-corrected chi connectivity index (χ3v) is 2.08. The van der Waals surface area contributed by atoms with Crippen LogP contribution in [-0.2, 0) is 10.2 Å². The first-order valence-electron chi connectivity index (χ1n) is 3.58. The van der Waals surface area contributed by atoms with Crippen molar-refractivity contribution in [2.45, 2.75) is 12.8 Å². The zero-order chi connectivity index (χ0) is 9.19. The summed E-state index contributed by atoms with van der Waals surface area (Å²) in [5, 5.41) is 4.62. The second-order valence-corrected chi connectivity index (χ2v) is 3.94. The number of amides is 2. The highest BCUT2D eigenvalue weighted by Gasteiger charge is 2.20. The van der Waals surface area contributed by atoms with Crippen LogP contribution in [0.25, 0.3) is 0 Å². The molecule has 0 radical (unpaired) electrons. The molecule has 1 fully saturated rings. The summed E-state index contributed by atoms with van der Waals surface area (Å²) in [6.45, 7) is 1.20. The van der Waals surface area contributed by atoms with Gasteiger partial charge in [0.05, 0.1) is 0 Å². The molecule has 0 unspecified atom stereocenters. The Balaban J connectivity index is 2.48. The van der Waals surface area contributed by atoms with E-state index < -0.39 is 16.2 Å². The summed E-state index contributed by atoms with van der Waals surface area (Å²) in [4.78, 5) is 12.4. The normalized spacial score (nSPS) is 17.9. The zero-order valence-corrected chi connectivity index (χ0v) is 7.30. The van der Waals surface area contributed by atoms with E-state index in [4.69, 9.17) is 0 Å². The van der Waals surface area contributed by atoms with Crippen LogP contribution < -0.4 is 9.86 Å². The van der Waals surface area contributed by atoms with E-state index in [9.17, 15) is 13.2 Å². The highest BCUT2D eigenvalue weighted by molar-refractivity contribution is 7.87. The van der Waals surface area contributed by atoms with Crippen LogP contribution in [0.1, 0.15) is 12.8 Å². The number of hydrogen-bond donors (Lipinski definition) is 2. The van der Waals surface area contributed by atoms with Gasteiger partial charge in [-0.05, 0) is 12.8 Å². The van der Waals surface area contributed by atoms with Gasteiger partial charge in [0.15, 0.2) is 0 Å². The lowest BCUT2D eigenvalue weighted by Gasteiger charge is -2.14. The van der Waals surface area contributed by atoms with Gasteiger partial charge >= 0.3 is 6.03 Å². The van der Waals surface area contributed by atoms with Crippen LogP contribution in [-0.4, -0.2) is 32.4 Å². The Morgan fingerprint density at radius 3 is 2.25 bits per heavy atom. The second-order valence-electron chi connectivity index (χ2n) is 2.65. The third kappa shape index (κ3) is 2.67. The summed E-state index contributed by atoms with van der Waals surface area (Å²) >= 11 is 0. The van der Waals surface area contributed by atoms with Gasteiger partial charge in [0.2, 0.25) is 0 Å². The molecule has 1 rings (SSSR count). The smallest absolute Gasteiger partial charge is 0.324 e. The fraction of sp³-hybridized carbons (Fsp3) is 0.800. The molecular weight excluding hydrogens is 182 g/mol. The molecule has 0 aromatic carbocycles. The molecule has 1 aliphatic rings. The minimum Gasteiger partial charge on any atom is -0.324 e. The lowest BCUT2D eigenvalue weighted by molar-refractivity contribution is 0.215. The van der Waals surface area contributed by atoms with Crippen LogP contribution in [0.3, 0.4) is 0 Å². The number of nitrogens with two attached hydrogens (primary N) is 1. The summed E-state index contributed by atoms with van der Waals surface area (Å²) in [5.41, 5.74) is 0.